The maximum absolute atomic E-state index is 13.1. The fourth-order valence-electron chi connectivity index (χ4n) is 3.97. The summed E-state index contributed by atoms with van der Waals surface area (Å²) in [4.78, 5) is 13.1. The van der Waals surface area contributed by atoms with Gasteiger partial charge >= 0.3 is 0 Å². The molecule has 2 aliphatic heterocycles. The van der Waals surface area contributed by atoms with E-state index in [0.717, 1.165) is 42.8 Å². The number of ether oxygens (including phenoxy) is 2. The minimum atomic E-state index is -0.706. The predicted octanol–water partition coefficient (Wildman–Crippen LogP) is 4.25. The predicted molar refractivity (Wildman–Crippen MR) is 116 cm³/mol. The van der Waals surface area contributed by atoms with E-state index >= 15 is 0 Å². The Morgan fingerprint density at radius 2 is 1.73 bits per heavy atom. The van der Waals surface area contributed by atoms with Crippen LogP contribution in [0.2, 0.25) is 0 Å². The smallest absolute Gasteiger partial charge is 0.269 e. The van der Waals surface area contributed by atoms with Crippen molar-refractivity contribution >= 4 is 11.6 Å². The van der Waals surface area contributed by atoms with Crippen LogP contribution in [0.3, 0.4) is 0 Å². The molecule has 0 spiro atoms. The molecule has 1 saturated heterocycles. The van der Waals surface area contributed by atoms with Crippen molar-refractivity contribution in [3.63, 3.8) is 0 Å². The van der Waals surface area contributed by atoms with Crippen molar-refractivity contribution in [3.8, 4) is 11.5 Å². The summed E-state index contributed by atoms with van der Waals surface area (Å²) < 4.78 is 11.6. The van der Waals surface area contributed by atoms with Crippen LogP contribution >= 0.6 is 0 Å². The van der Waals surface area contributed by atoms with E-state index in [2.05, 4.69) is 5.01 Å². The molecule has 6 heteroatoms. The molecule has 2 aliphatic rings. The van der Waals surface area contributed by atoms with Gasteiger partial charge in [-0.2, -0.15) is 15.2 Å². The summed E-state index contributed by atoms with van der Waals surface area (Å²) in [6, 6.07) is 15.8. The van der Waals surface area contributed by atoms with Crippen molar-refractivity contribution in [2.45, 2.75) is 39.7 Å². The highest BCUT2D eigenvalue weighted by Crippen LogP contribution is 2.37. The van der Waals surface area contributed by atoms with Crippen molar-refractivity contribution in [2.24, 2.45) is 10.5 Å². The lowest BCUT2D eigenvalue weighted by atomic mass is 9.83. The van der Waals surface area contributed by atoms with Gasteiger partial charge in [-0.25, -0.2) is 0 Å². The van der Waals surface area contributed by atoms with Gasteiger partial charge in [0.1, 0.15) is 6.61 Å². The molecule has 0 aromatic heterocycles. The number of hydrogen-bond donors (Lipinski definition) is 0. The summed E-state index contributed by atoms with van der Waals surface area (Å²) >= 11 is 0. The Labute approximate surface area is 178 Å². The van der Waals surface area contributed by atoms with E-state index in [4.69, 9.17) is 14.6 Å². The minimum Gasteiger partial charge on any atom is -0.493 e. The van der Waals surface area contributed by atoms with Crippen LogP contribution in [0.15, 0.2) is 53.6 Å². The number of benzene rings is 2. The highest BCUT2D eigenvalue weighted by atomic mass is 16.5. The highest BCUT2D eigenvalue weighted by Gasteiger charge is 2.46. The molecular formula is C24H29N3O3. The van der Waals surface area contributed by atoms with E-state index in [1.54, 1.807) is 12.2 Å². The first-order chi connectivity index (χ1) is 14.5. The van der Waals surface area contributed by atoms with Crippen LogP contribution in [0.5, 0.6) is 11.5 Å². The maximum Gasteiger partial charge on any atom is 0.269 e. The van der Waals surface area contributed by atoms with Crippen LogP contribution in [0.4, 0.5) is 0 Å². The molecule has 0 atom stereocenters. The van der Waals surface area contributed by atoms with Crippen LogP contribution < -0.4 is 9.47 Å². The van der Waals surface area contributed by atoms with Gasteiger partial charge in [-0.1, -0.05) is 36.8 Å². The topological polar surface area (TPSA) is 54.4 Å². The third-order valence-electron chi connectivity index (χ3n) is 5.78. The van der Waals surface area contributed by atoms with Gasteiger partial charge < -0.3 is 9.47 Å². The molecule has 4 rings (SSSR count). The van der Waals surface area contributed by atoms with E-state index in [1.165, 1.54) is 6.42 Å². The van der Waals surface area contributed by atoms with E-state index in [-0.39, 0.29) is 5.91 Å². The molecule has 1 fully saturated rings. The lowest BCUT2D eigenvalue weighted by Gasteiger charge is -2.32. The van der Waals surface area contributed by atoms with E-state index in [0.29, 0.717) is 18.1 Å². The van der Waals surface area contributed by atoms with Gasteiger partial charge in [-0.05, 0) is 50.5 Å². The molecule has 0 bridgehead atoms. The molecular weight excluding hydrogens is 378 g/mol. The van der Waals surface area contributed by atoms with Gasteiger partial charge in [0.05, 0.1) is 18.2 Å². The van der Waals surface area contributed by atoms with Crippen molar-refractivity contribution in [2.75, 3.05) is 20.2 Å². The molecule has 2 aromatic carbocycles. The normalized spacial score (nSPS) is 19.0. The lowest BCUT2D eigenvalue weighted by Crippen LogP contribution is -2.47. The van der Waals surface area contributed by atoms with Gasteiger partial charge in [0, 0.05) is 18.7 Å². The minimum absolute atomic E-state index is 0.0157. The second kappa shape index (κ2) is 8.48. The number of carbonyl (C=O) groups excluding carboxylic acids is 1. The Morgan fingerprint density at radius 1 is 1.00 bits per heavy atom. The number of hydrazine groups is 1. The van der Waals surface area contributed by atoms with E-state index in [9.17, 15) is 4.79 Å². The first-order valence-corrected chi connectivity index (χ1v) is 10.5. The summed E-state index contributed by atoms with van der Waals surface area (Å²) in [5.74, 6) is 1.31. The Bertz CT molecular complexity index is 934. The fraction of sp³-hybridized carbons (Fsp3) is 0.417. The largest absolute Gasteiger partial charge is 0.493 e. The Hall–Kier alpha value is -2.86. The maximum atomic E-state index is 13.1. The first kappa shape index (κ1) is 20.4. The Kier molecular flexibility index (Phi) is 5.77. The third kappa shape index (κ3) is 3.92. The first-order valence-electron chi connectivity index (χ1n) is 10.5. The zero-order valence-electron chi connectivity index (χ0n) is 17.9. The quantitative estimate of drug-likeness (QED) is 0.718. The van der Waals surface area contributed by atoms with E-state index < -0.39 is 5.41 Å². The van der Waals surface area contributed by atoms with Gasteiger partial charge in [-0.3, -0.25) is 4.79 Å². The monoisotopic (exact) mass is 407 g/mol. The number of amides is 1. The summed E-state index contributed by atoms with van der Waals surface area (Å²) in [5, 5.41) is 8.41. The van der Waals surface area contributed by atoms with Crippen LogP contribution in [-0.4, -0.2) is 41.9 Å². The van der Waals surface area contributed by atoms with Crippen molar-refractivity contribution in [1.82, 2.24) is 10.1 Å². The molecule has 0 unspecified atom stereocenters. The molecule has 2 heterocycles. The van der Waals surface area contributed by atoms with Gasteiger partial charge in [-0.15, -0.1) is 0 Å². The Balaban J connectivity index is 1.62. The summed E-state index contributed by atoms with van der Waals surface area (Å²) in [5.41, 5.74) is 2.00. The SMILES string of the molecule is COc1ccc(C2=NN(N3CCCCC3)C(=O)C2(C)C)cc1OCc1ccccc1. The average molecular weight is 408 g/mol. The Morgan fingerprint density at radius 3 is 2.43 bits per heavy atom. The fourth-order valence-corrected chi connectivity index (χ4v) is 3.97. The number of nitrogens with zero attached hydrogens (tertiary/aromatic N) is 3. The van der Waals surface area contributed by atoms with E-state index in [1.807, 2.05) is 62.4 Å². The van der Waals surface area contributed by atoms with Crippen LogP contribution in [0.25, 0.3) is 0 Å². The molecule has 1 amide bonds. The van der Waals surface area contributed by atoms with Crippen molar-refractivity contribution in [3.05, 3.63) is 59.7 Å². The molecule has 158 valence electrons. The summed E-state index contributed by atoms with van der Waals surface area (Å²) in [6.45, 7) is 6.05. The van der Waals surface area contributed by atoms with Gasteiger partial charge in [0.25, 0.3) is 5.91 Å². The second-order valence-corrected chi connectivity index (χ2v) is 8.32. The number of hydrogen-bond acceptors (Lipinski definition) is 5. The number of piperidine rings is 1. The number of hydrazone groups is 1. The van der Waals surface area contributed by atoms with Crippen molar-refractivity contribution in [1.29, 1.82) is 0 Å². The standard InChI is InChI=1S/C24H29N3O3/c1-24(2)22(25-27(23(24)28)26-14-8-5-9-15-26)19-12-13-20(29-3)21(16-19)30-17-18-10-6-4-7-11-18/h4,6-7,10-13,16H,5,8-9,14-15,17H2,1-3H3. The highest BCUT2D eigenvalue weighted by molar-refractivity contribution is 6.19. The van der Waals surface area contributed by atoms with Crippen LogP contribution in [0.1, 0.15) is 44.2 Å². The molecule has 0 radical (unpaired) electrons. The number of rotatable bonds is 6. The summed E-state index contributed by atoms with van der Waals surface area (Å²) in [6.07, 6.45) is 3.39. The molecule has 0 aliphatic carbocycles. The molecule has 2 aromatic rings. The van der Waals surface area contributed by atoms with Crippen LogP contribution in [0, 0.1) is 5.41 Å². The molecule has 6 nitrogen and oxygen atoms in total. The third-order valence-corrected chi connectivity index (χ3v) is 5.78. The molecule has 0 saturated carbocycles. The number of methoxy groups -OCH3 is 1. The molecule has 30 heavy (non-hydrogen) atoms. The van der Waals surface area contributed by atoms with Gasteiger partial charge in [0.2, 0.25) is 0 Å². The lowest BCUT2D eigenvalue weighted by molar-refractivity contribution is -0.153. The van der Waals surface area contributed by atoms with Crippen molar-refractivity contribution < 1.29 is 14.3 Å². The zero-order chi connectivity index (χ0) is 21.1. The zero-order valence-corrected chi connectivity index (χ0v) is 17.9. The molecule has 0 N–H and O–H groups in total. The number of carbonyl (C=O) groups is 1. The average Bonchev–Trinajstić information content (AvgIpc) is 3.02. The van der Waals surface area contributed by atoms with Gasteiger partial charge in [0.15, 0.2) is 11.5 Å². The summed E-state index contributed by atoms with van der Waals surface area (Å²) in [7, 11) is 1.63. The second-order valence-electron chi connectivity index (χ2n) is 8.32. The van der Waals surface area contributed by atoms with Crippen LogP contribution in [-0.2, 0) is 11.4 Å².